The molecular formula is C10H12N2O2. The highest BCUT2D eigenvalue weighted by atomic mass is 16.6. The van der Waals surface area contributed by atoms with Gasteiger partial charge in [-0.15, -0.1) is 0 Å². The Kier molecular flexibility index (Phi) is 2.26. The number of nitrogens with zero attached hydrogens (tertiary/aromatic N) is 1. The number of amides is 1. The van der Waals surface area contributed by atoms with E-state index in [2.05, 4.69) is 5.43 Å². The molecule has 1 aliphatic heterocycles. The van der Waals surface area contributed by atoms with Gasteiger partial charge in [0.2, 0.25) is 0 Å². The molecule has 0 aliphatic carbocycles. The quantitative estimate of drug-likeness (QED) is 0.776. The van der Waals surface area contributed by atoms with E-state index in [4.69, 9.17) is 4.74 Å². The fourth-order valence-corrected chi connectivity index (χ4v) is 1.28. The van der Waals surface area contributed by atoms with Crippen molar-refractivity contribution in [3.63, 3.8) is 0 Å². The monoisotopic (exact) mass is 192 g/mol. The summed E-state index contributed by atoms with van der Waals surface area (Å²) >= 11 is 0. The van der Waals surface area contributed by atoms with Crippen molar-refractivity contribution in [1.29, 1.82) is 0 Å². The topological polar surface area (TPSA) is 41.6 Å². The minimum Gasteiger partial charge on any atom is -0.446 e. The van der Waals surface area contributed by atoms with Crippen molar-refractivity contribution in [2.45, 2.75) is 6.92 Å². The smallest absolute Gasteiger partial charge is 0.428 e. The molecule has 0 radical (unpaired) electrons. The third kappa shape index (κ3) is 1.79. The normalized spacial score (nSPS) is 15.5. The molecule has 4 heteroatoms. The SMILES string of the molecule is Cc1ccc(NN2CCOC2=O)cc1. The first kappa shape index (κ1) is 8.87. The number of carbonyl (C=O) groups excluding carboxylic acids is 1. The first-order valence-electron chi connectivity index (χ1n) is 4.53. The van der Waals surface area contributed by atoms with E-state index in [9.17, 15) is 4.79 Å². The van der Waals surface area contributed by atoms with E-state index in [0.717, 1.165) is 5.69 Å². The van der Waals surface area contributed by atoms with Crippen LogP contribution in [0.15, 0.2) is 24.3 Å². The molecule has 1 aliphatic rings. The molecule has 14 heavy (non-hydrogen) atoms. The number of ether oxygens (including phenoxy) is 1. The van der Waals surface area contributed by atoms with Crippen molar-refractivity contribution < 1.29 is 9.53 Å². The molecule has 0 bridgehead atoms. The number of hydrogen-bond donors (Lipinski definition) is 1. The summed E-state index contributed by atoms with van der Waals surface area (Å²) in [4.78, 5) is 11.1. The summed E-state index contributed by atoms with van der Waals surface area (Å²) in [7, 11) is 0. The third-order valence-electron chi connectivity index (χ3n) is 2.08. The maximum atomic E-state index is 11.1. The average molecular weight is 192 g/mol. The van der Waals surface area contributed by atoms with Gasteiger partial charge in [-0.25, -0.2) is 9.80 Å². The van der Waals surface area contributed by atoms with Crippen LogP contribution in [0.3, 0.4) is 0 Å². The van der Waals surface area contributed by atoms with E-state index in [0.29, 0.717) is 13.2 Å². The Balaban J connectivity index is 2.03. The molecule has 1 aromatic carbocycles. The minimum atomic E-state index is -0.314. The van der Waals surface area contributed by atoms with Crippen LogP contribution < -0.4 is 5.43 Å². The van der Waals surface area contributed by atoms with Gasteiger partial charge in [0, 0.05) is 0 Å². The highest BCUT2D eigenvalue weighted by Crippen LogP contribution is 2.12. The van der Waals surface area contributed by atoms with Gasteiger partial charge >= 0.3 is 6.09 Å². The number of aryl methyl sites for hydroxylation is 1. The van der Waals surface area contributed by atoms with Crippen LogP contribution in [-0.2, 0) is 4.74 Å². The maximum Gasteiger partial charge on any atom is 0.428 e. The van der Waals surface area contributed by atoms with E-state index in [1.807, 2.05) is 31.2 Å². The Bertz CT molecular complexity index is 334. The van der Waals surface area contributed by atoms with Gasteiger partial charge < -0.3 is 4.74 Å². The Labute approximate surface area is 82.4 Å². The molecule has 1 amide bonds. The molecule has 1 aromatic rings. The lowest BCUT2D eigenvalue weighted by Gasteiger charge is -2.15. The van der Waals surface area contributed by atoms with Crippen LogP contribution in [0.5, 0.6) is 0 Å². The molecule has 0 atom stereocenters. The number of benzene rings is 1. The van der Waals surface area contributed by atoms with Crippen molar-refractivity contribution in [1.82, 2.24) is 5.01 Å². The molecule has 1 N–H and O–H groups in total. The Hall–Kier alpha value is -1.71. The number of rotatable bonds is 2. The molecule has 74 valence electrons. The first-order chi connectivity index (χ1) is 6.75. The number of cyclic esters (lactones) is 1. The number of anilines is 1. The summed E-state index contributed by atoms with van der Waals surface area (Å²) < 4.78 is 4.79. The number of hydrogen-bond acceptors (Lipinski definition) is 3. The third-order valence-corrected chi connectivity index (χ3v) is 2.08. The maximum absolute atomic E-state index is 11.1. The van der Waals surface area contributed by atoms with E-state index < -0.39 is 0 Å². The summed E-state index contributed by atoms with van der Waals surface area (Å²) in [5.41, 5.74) is 5.07. The van der Waals surface area contributed by atoms with E-state index in [1.54, 1.807) is 0 Å². The Morgan fingerprint density at radius 3 is 2.64 bits per heavy atom. The molecule has 0 saturated carbocycles. The first-order valence-corrected chi connectivity index (χ1v) is 4.53. The minimum absolute atomic E-state index is 0.314. The van der Waals surface area contributed by atoms with Crippen molar-refractivity contribution in [3.8, 4) is 0 Å². The zero-order valence-electron chi connectivity index (χ0n) is 7.99. The molecule has 4 nitrogen and oxygen atoms in total. The van der Waals surface area contributed by atoms with Crippen molar-refractivity contribution in [2.75, 3.05) is 18.6 Å². The highest BCUT2D eigenvalue weighted by molar-refractivity contribution is 5.71. The summed E-state index contributed by atoms with van der Waals surface area (Å²) in [5, 5.41) is 1.46. The molecule has 1 heterocycles. The van der Waals surface area contributed by atoms with Crippen LogP contribution in [0.25, 0.3) is 0 Å². The summed E-state index contributed by atoms with van der Waals surface area (Å²) in [6, 6.07) is 7.84. The molecular weight excluding hydrogens is 180 g/mol. The lowest BCUT2D eigenvalue weighted by molar-refractivity contribution is 0.163. The van der Waals surface area contributed by atoms with E-state index >= 15 is 0 Å². The van der Waals surface area contributed by atoms with Crippen LogP contribution in [0.1, 0.15) is 5.56 Å². The Morgan fingerprint density at radius 2 is 2.07 bits per heavy atom. The van der Waals surface area contributed by atoms with Gasteiger partial charge in [-0.2, -0.15) is 0 Å². The number of nitrogens with one attached hydrogen (secondary N) is 1. The molecule has 0 unspecified atom stereocenters. The zero-order chi connectivity index (χ0) is 9.97. The van der Waals surface area contributed by atoms with Crippen LogP contribution >= 0.6 is 0 Å². The lowest BCUT2D eigenvalue weighted by atomic mass is 10.2. The average Bonchev–Trinajstić information content (AvgIpc) is 2.56. The van der Waals surface area contributed by atoms with Crippen LogP contribution in [0.4, 0.5) is 10.5 Å². The predicted molar refractivity (Wildman–Crippen MR) is 52.9 cm³/mol. The van der Waals surface area contributed by atoms with Gasteiger partial charge in [0.05, 0.1) is 12.2 Å². The second-order valence-corrected chi connectivity index (χ2v) is 3.24. The molecule has 0 aromatic heterocycles. The summed E-state index contributed by atoms with van der Waals surface area (Å²) in [6.07, 6.45) is -0.314. The molecule has 0 spiro atoms. The van der Waals surface area contributed by atoms with Gasteiger partial charge in [-0.3, -0.25) is 5.43 Å². The standard InChI is InChI=1S/C10H12N2O2/c1-8-2-4-9(5-3-8)11-12-6-7-14-10(12)13/h2-5,11H,6-7H2,1H3. The van der Waals surface area contributed by atoms with Crippen molar-refractivity contribution in [2.24, 2.45) is 0 Å². The second-order valence-electron chi connectivity index (χ2n) is 3.24. The van der Waals surface area contributed by atoms with Gasteiger partial charge in [0.15, 0.2) is 0 Å². The van der Waals surface area contributed by atoms with Crippen LogP contribution in [0, 0.1) is 6.92 Å². The summed E-state index contributed by atoms with van der Waals surface area (Å²) in [5.74, 6) is 0. The van der Waals surface area contributed by atoms with Gasteiger partial charge in [0.1, 0.15) is 6.61 Å². The second kappa shape index (κ2) is 3.57. The number of hydrazine groups is 1. The summed E-state index contributed by atoms with van der Waals surface area (Å²) in [6.45, 7) is 3.07. The lowest BCUT2D eigenvalue weighted by Crippen LogP contribution is -2.30. The molecule has 1 saturated heterocycles. The van der Waals surface area contributed by atoms with Crippen molar-refractivity contribution >= 4 is 11.8 Å². The zero-order valence-corrected chi connectivity index (χ0v) is 7.99. The van der Waals surface area contributed by atoms with Gasteiger partial charge in [-0.1, -0.05) is 17.7 Å². The Morgan fingerprint density at radius 1 is 1.36 bits per heavy atom. The fraction of sp³-hybridized carbons (Fsp3) is 0.300. The highest BCUT2D eigenvalue weighted by Gasteiger charge is 2.21. The number of carbonyl (C=O) groups is 1. The van der Waals surface area contributed by atoms with Crippen molar-refractivity contribution in [3.05, 3.63) is 29.8 Å². The van der Waals surface area contributed by atoms with Gasteiger partial charge in [0.25, 0.3) is 0 Å². The van der Waals surface area contributed by atoms with E-state index in [-0.39, 0.29) is 6.09 Å². The molecule has 2 rings (SSSR count). The predicted octanol–water partition coefficient (Wildman–Crippen LogP) is 1.77. The van der Waals surface area contributed by atoms with Crippen LogP contribution in [-0.4, -0.2) is 24.3 Å². The largest absolute Gasteiger partial charge is 0.446 e. The molecule has 1 fully saturated rings. The van der Waals surface area contributed by atoms with Gasteiger partial charge in [-0.05, 0) is 19.1 Å². The van der Waals surface area contributed by atoms with E-state index in [1.165, 1.54) is 10.6 Å². The van der Waals surface area contributed by atoms with Crippen LogP contribution in [0.2, 0.25) is 0 Å². The fourth-order valence-electron chi connectivity index (χ4n) is 1.28.